The molecule has 1 fully saturated rings. The number of aromatic nitrogens is 2. The lowest BCUT2D eigenvalue weighted by molar-refractivity contribution is -0.117. The number of nitrogens with one attached hydrogen (secondary N) is 1. The Morgan fingerprint density at radius 1 is 1.19 bits per heavy atom. The van der Waals surface area contributed by atoms with Crippen LogP contribution in [0.5, 0.6) is 0 Å². The van der Waals surface area contributed by atoms with Crippen LogP contribution in [-0.2, 0) is 14.6 Å². The van der Waals surface area contributed by atoms with Gasteiger partial charge in [0.05, 0.1) is 22.9 Å². The Kier molecular flexibility index (Phi) is 5.93. The maximum Gasteiger partial charge on any atom is 0.262 e. The van der Waals surface area contributed by atoms with Crippen LogP contribution < -0.4 is 5.32 Å². The predicted octanol–water partition coefficient (Wildman–Crippen LogP) is 3.06. The minimum absolute atomic E-state index is 0.0466. The Labute approximate surface area is 186 Å². The number of carbonyl (C=O) groups excluding carboxylic acids is 1. The first kappa shape index (κ1) is 21.5. The van der Waals surface area contributed by atoms with Crippen LogP contribution in [-0.4, -0.2) is 41.7 Å². The Balaban J connectivity index is 1.71. The molecule has 1 saturated heterocycles. The second kappa shape index (κ2) is 8.81. The Bertz CT molecular complexity index is 1320. The summed E-state index contributed by atoms with van der Waals surface area (Å²) in [4.78, 5) is 12.7. The molecule has 1 N–H and O–H groups in total. The third kappa shape index (κ3) is 4.79. The first-order chi connectivity index (χ1) is 15.3. The number of aryl methyl sites for hydroxylation is 1. The molecule has 1 aliphatic heterocycles. The quantitative estimate of drug-likeness (QED) is 0.479. The summed E-state index contributed by atoms with van der Waals surface area (Å²) < 4.78 is 25.1. The van der Waals surface area contributed by atoms with E-state index in [0.29, 0.717) is 17.7 Å². The molecule has 1 aliphatic rings. The van der Waals surface area contributed by atoms with E-state index in [4.69, 9.17) is 5.10 Å². The molecule has 0 saturated carbocycles. The summed E-state index contributed by atoms with van der Waals surface area (Å²) in [5, 5.41) is 17.0. The summed E-state index contributed by atoms with van der Waals surface area (Å²) in [7, 11) is -3.14. The molecule has 0 radical (unpaired) electrons. The Hall–Kier alpha value is -3.70. The molecule has 0 spiro atoms. The lowest BCUT2D eigenvalue weighted by atomic mass is 10.0. The van der Waals surface area contributed by atoms with Crippen molar-refractivity contribution in [1.29, 1.82) is 5.26 Å². The molecule has 4 rings (SSSR count). The van der Waals surface area contributed by atoms with Gasteiger partial charge in [-0.05, 0) is 31.6 Å². The highest BCUT2D eigenvalue weighted by atomic mass is 32.2. The number of benzene rings is 2. The summed E-state index contributed by atoms with van der Waals surface area (Å²) in [5.74, 6) is -0.639. The van der Waals surface area contributed by atoms with Crippen LogP contribution in [0, 0.1) is 18.3 Å². The molecule has 0 bridgehead atoms. The minimum atomic E-state index is -3.14. The predicted molar refractivity (Wildman–Crippen MR) is 123 cm³/mol. The molecular formula is C24H22N4O3S. The van der Waals surface area contributed by atoms with Gasteiger partial charge in [0, 0.05) is 23.4 Å². The number of para-hydroxylation sites is 1. The van der Waals surface area contributed by atoms with Gasteiger partial charge in [-0.25, -0.2) is 13.1 Å². The van der Waals surface area contributed by atoms with Crippen LogP contribution in [0.2, 0.25) is 0 Å². The second-order valence-corrected chi connectivity index (χ2v) is 10.1. The molecule has 1 atom stereocenters. The number of carbonyl (C=O) groups is 1. The van der Waals surface area contributed by atoms with Gasteiger partial charge in [-0.15, -0.1) is 0 Å². The number of nitrogens with zero attached hydrogens (tertiary/aromatic N) is 3. The van der Waals surface area contributed by atoms with Crippen molar-refractivity contribution in [3.8, 4) is 23.0 Å². The van der Waals surface area contributed by atoms with Gasteiger partial charge in [0.15, 0.2) is 9.84 Å². The molecule has 162 valence electrons. The van der Waals surface area contributed by atoms with Gasteiger partial charge in [-0.1, -0.05) is 48.0 Å². The zero-order chi connectivity index (χ0) is 22.7. The highest BCUT2D eigenvalue weighted by molar-refractivity contribution is 7.91. The average molecular weight is 447 g/mol. The fourth-order valence-corrected chi connectivity index (χ4v) is 5.29. The van der Waals surface area contributed by atoms with Crippen LogP contribution in [0.25, 0.3) is 23.0 Å². The van der Waals surface area contributed by atoms with Crippen LogP contribution in [0.4, 0.5) is 0 Å². The third-order valence-electron chi connectivity index (χ3n) is 5.32. The van der Waals surface area contributed by atoms with Crippen LogP contribution in [0.3, 0.4) is 0 Å². The number of hydrogen-bond donors (Lipinski definition) is 1. The van der Waals surface area contributed by atoms with Gasteiger partial charge < -0.3 is 5.32 Å². The van der Waals surface area contributed by atoms with E-state index in [1.54, 1.807) is 10.9 Å². The molecule has 1 amide bonds. The monoisotopic (exact) mass is 446 g/mol. The molecule has 2 aromatic carbocycles. The summed E-state index contributed by atoms with van der Waals surface area (Å²) in [6.07, 6.45) is 3.63. The normalized spacial score (nSPS) is 17.6. The van der Waals surface area contributed by atoms with E-state index in [9.17, 15) is 18.5 Å². The Morgan fingerprint density at radius 3 is 2.53 bits per heavy atom. The van der Waals surface area contributed by atoms with Gasteiger partial charge in [0.1, 0.15) is 11.6 Å². The van der Waals surface area contributed by atoms with E-state index < -0.39 is 21.8 Å². The van der Waals surface area contributed by atoms with E-state index in [0.717, 1.165) is 16.8 Å². The van der Waals surface area contributed by atoms with Crippen molar-refractivity contribution >= 4 is 21.8 Å². The fraction of sp³-hybridized carbons (Fsp3) is 0.208. The summed E-state index contributed by atoms with van der Waals surface area (Å²) in [5.41, 5.74) is 3.96. The van der Waals surface area contributed by atoms with Crippen molar-refractivity contribution in [3.05, 3.63) is 77.5 Å². The number of amides is 1. The zero-order valence-electron chi connectivity index (χ0n) is 17.5. The van der Waals surface area contributed by atoms with E-state index in [2.05, 4.69) is 5.32 Å². The highest BCUT2D eigenvalue weighted by Gasteiger charge is 2.29. The molecule has 7 nitrogen and oxygen atoms in total. The maximum atomic E-state index is 12.7. The summed E-state index contributed by atoms with van der Waals surface area (Å²) >= 11 is 0. The largest absolute Gasteiger partial charge is 0.348 e. The van der Waals surface area contributed by atoms with Gasteiger partial charge >= 0.3 is 0 Å². The molecule has 3 aromatic rings. The van der Waals surface area contributed by atoms with Crippen molar-refractivity contribution in [3.63, 3.8) is 0 Å². The van der Waals surface area contributed by atoms with Gasteiger partial charge in [0.25, 0.3) is 5.91 Å². The lowest BCUT2D eigenvalue weighted by Crippen LogP contribution is -2.36. The first-order valence-corrected chi connectivity index (χ1v) is 12.0. The number of rotatable bonds is 5. The number of nitriles is 1. The van der Waals surface area contributed by atoms with Crippen molar-refractivity contribution in [2.75, 3.05) is 11.5 Å². The average Bonchev–Trinajstić information content (AvgIpc) is 3.35. The van der Waals surface area contributed by atoms with E-state index in [-0.39, 0.29) is 17.1 Å². The standard InChI is InChI=1S/C24H22N4O3S/c1-17-7-9-18(10-8-17)23-20(15-28(27-23)22-5-3-2-4-6-22)13-19(14-25)24(29)26-21-11-12-32(30,31)16-21/h2-10,13,15,21H,11-12,16H2,1H3,(H,26,29)/b19-13+/t21-/m0/s1. The molecule has 8 heteroatoms. The number of hydrogen-bond acceptors (Lipinski definition) is 5. The smallest absolute Gasteiger partial charge is 0.262 e. The summed E-state index contributed by atoms with van der Waals surface area (Å²) in [6.45, 7) is 1.99. The van der Waals surface area contributed by atoms with Crippen LogP contribution in [0.15, 0.2) is 66.4 Å². The van der Waals surface area contributed by atoms with Gasteiger partial charge in [-0.3, -0.25) is 4.79 Å². The summed E-state index contributed by atoms with van der Waals surface area (Å²) in [6, 6.07) is 18.9. The molecule has 2 heterocycles. The second-order valence-electron chi connectivity index (χ2n) is 7.82. The van der Waals surface area contributed by atoms with Crippen molar-refractivity contribution < 1.29 is 13.2 Å². The van der Waals surface area contributed by atoms with Crippen molar-refractivity contribution in [1.82, 2.24) is 15.1 Å². The van der Waals surface area contributed by atoms with E-state index >= 15 is 0 Å². The molecule has 32 heavy (non-hydrogen) atoms. The highest BCUT2D eigenvalue weighted by Crippen LogP contribution is 2.26. The molecule has 0 aliphatic carbocycles. The van der Waals surface area contributed by atoms with Crippen molar-refractivity contribution in [2.24, 2.45) is 0 Å². The maximum absolute atomic E-state index is 12.7. The van der Waals surface area contributed by atoms with Gasteiger partial charge in [-0.2, -0.15) is 10.4 Å². The molecule has 1 aromatic heterocycles. The molecule has 0 unspecified atom stereocenters. The topological polar surface area (TPSA) is 105 Å². The SMILES string of the molecule is Cc1ccc(-c2nn(-c3ccccc3)cc2/C=C(\C#N)C(=O)N[C@H]2CCS(=O)(=O)C2)cc1. The minimum Gasteiger partial charge on any atom is -0.348 e. The van der Waals surface area contributed by atoms with E-state index in [1.165, 1.54) is 6.08 Å². The first-order valence-electron chi connectivity index (χ1n) is 10.2. The Morgan fingerprint density at radius 2 is 1.91 bits per heavy atom. The van der Waals surface area contributed by atoms with Crippen LogP contribution in [0.1, 0.15) is 17.5 Å². The third-order valence-corrected chi connectivity index (χ3v) is 7.09. The fourth-order valence-electron chi connectivity index (χ4n) is 3.62. The molecular weight excluding hydrogens is 424 g/mol. The number of sulfone groups is 1. The zero-order valence-corrected chi connectivity index (χ0v) is 18.3. The lowest BCUT2D eigenvalue weighted by Gasteiger charge is -2.09. The van der Waals surface area contributed by atoms with Crippen molar-refractivity contribution in [2.45, 2.75) is 19.4 Å². The van der Waals surface area contributed by atoms with Crippen LogP contribution >= 0.6 is 0 Å². The van der Waals surface area contributed by atoms with Gasteiger partial charge in [0.2, 0.25) is 0 Å². The van der Waals surface area contributed by atoms with E-state index in [1.807, 2.05) is 67.6 Å².